The van der Waals surface area contributed by atoms with Gasteiger partial charge in [-0.15, -0.1) is 0 Å². The number of ether oxygens (including phenoxy) is 4. The molecular weight excluding hydrogens is 534 g/mol. The van der Waals surface area contributed by atoms with Crippen molar-refractivity contribution in [2.24, 2.45) is 22.9 Å². The van der Waals surface area contributed by atoms with Crippen molar-refractivity contribution in [1.82, 2.24) is 0 Å². The van der Waals surface area contributed by atoms with Gasteiger partial charge in [0.1, 0.15) is 11.9 Å². The summed E-state index contributed by atoms with van der Waals surface area (Å²) in [5.74, 6) is -1.64. The number of Topliss-reactive ketones (excluding diaryl/α,β-unsaturated/α-hetero) is 2. The maximum atomic E-state index is 12.7. The van der Waals surface area contributed by atoms with Crippen molar-refractivity contribution in [3.05, 3.63) is 10.4 Å². The summed E-state index contributed by atoms with van der Waals surface area (Å²) in [7, 11) is -2.28. The lowest BCUT2D eigenvalue weighted by Gasteiger charge is -2.50. The zero-order chi connectivity index (χ0) is 30.6. The van der Waals surface area contributed by atoms with Gasteiger partial charge < -0.3 is 28.2 Å². The topological polar surface area (TPSA) is 146 Å². The molecule has 40 heavy (non-hydrogen) atoms. The fraction of sp³-hybridized carbons (Fsp3) is 0.893. The minimum Gasteiger partial charge on any atom is -0.457 e. The molecule has 2 aliphatic heterocycles. The Labute approximate surface area is 239 Å². The molecular formula is C28H49N3O8Si. The van der Waals surface area contributed by atoms with E-state index >= 15 is 0 Å². The fourth-order valence-electron chi connectivity index (χ4n) is 4.99. The lowest BCUT2D eigenvalue weighted by atomic mass is 9.81. The van der Waals surface area contributed by atoms with Crippen molar-refractivity contribution < 1.29 is 37.8 Å². The quantitative estimate of drug-likeness (QED) is 0.0988. The predicted molar refractivity (Wildman–Crippen MR) is 152 cm³/mol. The molecule has 0 saturated carbocycles. The molecule has 0 aromatic carbocycles. The van der Waals surface area contributed by atoms with Crippen molar-refractivity contribution in [1.29, 1.82) is 0 Å². The molecule has 0 aromatic heterocycles. The van der Waals surface area contributed by atoms with E-state index in [9.17, 15) is 19.9 Å². The van der Waals surface area contributed by atoms with Crippen LogP contribution < -0.4 is 0 Å². The van der Waals surface area contributed by atoms with E-state index in [0.717, 1.165) is 0 Å². The largest absolute Gasteiger partial charge is 0.457 e. The standard InChI is InChI=1S/C28H49N3O8Si/c1-12-20-24(18(5)22(30-31-29)26(35-20)39-40(10,11)28(7,8)9)38-27-25(36-21(34)14-13-15(2)32)17(4)16(3)23(37-27)19(6)33/h16-18,20,22-27H,12-14H2,1-11H3/t16-,17?,18?,20?,22-,23?,24-,25-,26-,27-/m0/s1. The van der Waals surface area contributed by atoms with Gasteiger partial charge in [-0.2, -0.15) is 0 Å². The number of hydrogen-bond donors (Lipinski definition) is 0. The summed E-state index contributed by atoms with van der Waals surface area (Å²) >= 11 is 0. The van der Waals surface area contributed by atoms with Crippen molar-refractivity contribution in [3.8, 4) is 0 Å². The maximum absolute atomic E-state index is 12.7. The van der Waals surface area contributed by atoms with Crippen LogP contribution in [0.25, 0.3) is 10.4 Å². The Balaban J connectivity index is 2.39. The first-order valence-electron chi connectivity index (χ1n) is 14.3. The zero-order valence-corrected chi connectivity index (χ0v) is 27.0. The van der Waals surface area contributed by atoms with Gasteiger partial charge >= 0.3 is 5.97 Å². The van der Waals surface area contributed by atoms with Crippen LogP contribution in [0.15, 0.2) is 5.11 Å². The number of carbonyl (C=O) groups is 3. The van der Waals surface area contributed by atoms with E-state index in [1.807, 2.05) is 27.7 Å². The van der Waals surface area contributed by atoms with Crippen LogP contribution in [-0.4, -0.2) is 68.9 Å². The van der Waals surface area contributed by atoms with E-state index in [0.29, 0.717) is 6.42 Å². The molecule has 2 fully saturated rings. The lowest BCUT2D eigenvalue weighted by molar-refractivity contribution is -0.317. The van der Waals surface area contributed by atoms with E-state index in [1.165, 1.54) is 13.8 Å². The third kappa shape index (κ3) is 8.14. The number of ketones is 2. The van der Waals surface area contributed by atoms with Gasteiger partial charge in [-0.3, -0.25) is 9.59 Å². The van der Waals surface area contributed by atoms with E-state index in [-0.39, 0.29) is 47.2 Å². The molecule has 2 saturated heterocycles. The summed E-state index contributed by atoms with van der Waals surface area (Å²) in [6, 6.07) is -0.674. The molecule has 0 bridgehead atoms. The number of hydrogen-bond acceptors (Lipinski definition) is 9. The molecule has 0 radical (unpaired) electrons. The van der Waals surface area contributed by atoms with E-state index in [1.54, 1.807) is 0 Å². The average Bonchev–Trinajstić information content (AvgIpc) is 2.84. The minimum atomic E-state index is -2.28. The predicted octanol–water partition coefficient (Wildman–Crippen LogP) is 5.71. The lowest BCUT2D eigenvalue weighted by Crippen LogP contribution is -2.61. The Kier molecular flexibility index (Phi) is 11.9. The van der Waals surface area contributed by atoms with Crippen LogP contribution in [0.4, 0.5) is 0 Å². The fourth-order valence-corrected chi connectivity index (χ4v) is 6.11. The van der Waals surface area contributed by atoms with Crippen LogP contribution in [0.1, 0.15) is 81.6 Å². The highest BCUT2D eigenvalue weighted by Crippen LogP contribution is 2.42. The first kappa shape index (κ1) is 34.4. The van der Waals surface area contributed by atoms with Crippen LogP contribution in [0.5, 0.6) is 0 Å². The van der Waals surface area contributed by atoms with Crippen LogP contribution in [0.3, 0.4) is 0 Å². The Morgan fingerprint density at radius 1 is 0.950 bits per heavy atom. The molecule has 4 unspecified atom stereocenters. The molecule has 2 rings (SSSR count). The molecule has 0 spiro atoms. The van der Waals surface area contributed by atoms with Crippen LogP contribution >= 0.6 is 0 Å². The van der Waals surface area contributed by atoms with E-state index in [4.69, 9.17) is 23.4 Å². The number of carbonyl (C=O) groups excluding carboxylic acids is 3. The summed E-state index contributed by atoms with van der Waals surface area (Å²) in [6.45, 7) is 21.2. The highest BCUT2D eigenvalue weighted by atomic mass is 28.4. The maximum Gasteiger partial charge on any atom is 0.306 e. The number of azide groups is 1. The molecule has 0 aliphatic carbocycles. The summed E-state index contributed by atoms with van der Waals surface area (Å²) < 4.78 is 31.5. The van der Waals surface area contributed by atoms with Gasteiger partial charge in [-0.05, 0) is 55.8 Å². The van der Waals surface area contributed by atoms with Crippen molar-refractivity contribution >= 4 is 25.9 Å². The van der Waals surface area contributed by atoms with Gasteiger partial charge in [0.25, 0.3) is 0 Å². The second-order valence-corrected chi connectivity index (χ2v) is 17.7. The third-order valence-electron chi connectivity index (χ3n) is 8.83. The molecule has 0 aromatic rings. The second-order valence-electron chi connectivity index (χ2n) is 12.9. The van der Waals surface area contributed by atoms with Gasteiger partial charge in [-0.1, -0.05) is 53.6 Å². The molecule has 12 heteroatoms. The van der Waals surface area contributed by atoms with Gasteiger partial charge in [0.05, 0.1) is 24.7 Å². The SMILES string of the molecule is CCC1O[C@@H](O[Si](C)(C)C(C)(C)C)[C@@H](N=[N+]=[N-])C(C)[C@@H]1O[C@@H]1OC(C(C)=O)[C@@H](C)C(C)[C@@H]1OC(=O)CCC(C)=O. The zero-order valence-electron chi connectivity index (χ0n) is 26.0. The molecule has 0 N–H and O–H groups in total. The highest BCUT2D eigenvalue weighted by Gasteiger charge is 2.52. The summed E-state index contributed by atoms with van der Waals surface area (Å²) in [6.07, 6.45) is -3.79. The van der Waals surface area contributed by atoms with Gasteiger partial charge in [0.2, 0.25) is 0 Å². The van der Waals surface area contributed by atoms with Crippen molar-refractivity contribution in [2.45, 2.75) is 143 Å². The molecule has 2 heterocycles. The second kappa shape index (κ2) is 13.9. The first-order valence-corrected chi connectivity index (χ1v) is 17.2. The minimum absolute atomic E-state index is 0.0538. The average molecular weight is 584 g/mol. The summed E-state index contributed by atoms with van der Waals surface area (Å²) in [4.78, 5) is 39.6. The number of rotatable bonds is 11. The molecule has 10 atom stereocenters. The molecule has 2 aliphatic rings. The Hall–Kier alpha value is -1.82. The van der Waals surface area contributed by atoms with Crippen LogP contribution in [0, 0.1) is 17.8 Å². The van der Waals surface area contributed by atoms with Crippen LogP contribution in [-0.2, 0) is 37.8 Å². The first-order chi connectivity index (χ1) is 18.4. The molecule has 11 nitrogen and oxygen atoms in total. The number of esters is 1. The monoisotopic (exact) mass is 583 g/mol. The number of nitrogens with zero attached hydrogens (tertiary/aromatic N) is 3. The Morgan fingerprint density at radius 2 is 1.57 bits per heavy atom. The Bertz CT molecular complexity index is 964. The molecule has 228 valence electrons. The molecule has 0 amide bonds. The van der Waals surface area contributed by atoms with E-state index in [2.05, 4.69) is 43.9 Å². The normalized spacial score (nSPS) is 35.0. The van der Waals surface area contributed by atoms with Gasteiger partial charge in [-0.25, -0.2) is 0 Å². The van der Waals surface area contributed by atoms with Crippen molar-refractivity contribution in [2.75, 3.05) is 0 Å². The van der Waals surface area contributed by atoms with E-state index < -0.39 is 57.3 Å². The summed E-state index contributed by atoms with van der Waals surface area (Å²) in [5, 5.41) is 3.98. The Morgan fingerprint density at radius 3 is 2.08 bits per heavy atom. The summed E-state index contributed by atoms with van der Waals surface area (Å²) in [5.41, 5.74) is 9.41. The third-order valence-corrected chi connectivity index (χ3v) is 13.3. The smallest absolute Gasteiger partial charge is 0.306 e. The van der Waals surface area contributed by atoms with Crippen molar-refractivity contribution in [3.63, 3.8) is 0 Å². The van der Waals surface area contributed by atoms with Gasteiger partial charge in [0, 0.05) is 17.3 Å². The highest BCUT2D eigenvalue weighted by molar-refractivity contribution is 6.74. The van der Waals surface area contributed by atoms with Crippen LogP contribution in [0.2, 0.25) is 18.1 Å². The van der Waals surface area contributed by atoms with Gasteiger partial charge in [0.15, 0.2) is 32.8 Å².